The first-order valence-corrected chi connectivity index (χ1v) is 6.92. The van der Waals surface area contributed by atoms with Gasteiger partial charge in [-0.1, -0.05) is 10.2 Å². The molecule has 1 aliphatic carbocycles. The summed E-state index contributed by atoms with van der Waals surface area (Å²) in [5.74, 6) is 0. The molecule has 128 valence electrons. The summed E-state index contributed by atoms with van der Waals surface area (Å²) in [5.41, 5.74) is -0.216. The van der Waals surface area contributed by atoms with Gasteiger partial charge in [0.15, 0.2) is 10.1 Å². The van der Waals surface area contributed by atoms with E-state index in [1.54, 1.807) is 0 Å². The fraction of sp³-hybridized carbons (Fsp3) is 0.750. The van der Waals surface area contributed by atoms with Crippen molar-refractivity contribution in [2.24, 2.45) is 10.2 Å². The highest BCUT2D eigenvalue weighted by molar-refractivity contribution is 4.78. The highest BCUT2D eigenvalue weighted by atomic mass is 16.7. The first-order valence-electron chi connectivity index (χ1n) is 6.92. The summed E-state index contributed by atoms with van der Waals surface area (Å²) in [5, 5.41) is 45.0. The van der Waals surface area contributed by atoms with Crippen molar-refractivity contribution in [3.8, 4) is 0 Å². The molecule has 0 amide bonds. The monoisotopic (exact) mass is 340 g/mol. The number of nitrogens with zero attached hydrogens (tertiary/aromatic N) is 10. The quantitative estimate of drug-likeness (QED) is 0.472. The van der Waals surface area contributed by atoms with Crippen LogP contribution in [0, 0.1) is 20.2 Å². The standard InChI is InChI=1S/C8H12N12O4/c21-19(22)11-7-9-13-15-17(7)5-1-2-6(4-3-5)18-8(10-14-16-18)12-20(23)24/h5-6H,1-4H2,(H,9,11,15)(H,10,12,16). The molecule has 2 aromatic heterocycles. The Morgan fingerprint density at radius 2 is 1.25 bits per heavy atom. The van der Waals surface area contributed by atoms with Gasteiger partial charge >= 0.3 is 11.2 Å². The lowest BCUT2D eigenvalue weighted by Gasteiger charge is -2.27. The smallest absolute Gasteiger partial charge is 0.233 e. The minimum absolute atomic E-state index is 0.0951. The Hall–Kier alpha value is -3.46. The van der Waals surface area contributed by atoms with E-state index < -0.39 is 10.1 Å². The largest absolute Gasteiger partial charge is 0.337 e. The number of tetrazole rings is 2. The maximum absolute atomic E-state index is 10.5. The molecule has 2 aromatic rings. The van der Waals surface area contributed by atoms with E-state index in [-0.39, 0.29) is 23.3 Å². The van der Waals surface area contributed by atoms with Crippen LogP contribution in [0.3, 0.4) is 0 Å². The molecular weight excluding hydrogens is 328 g/mol. The number of nitro groups is 2. The van der Waals surface area contributed by atoms with Crippen LogP contribution >= 0.6 is 0 Å². The summed E-state index contributed by atoms with van der Waals surface area (Å²) in [6.45, 7) is 0. The first kappa shape index (κ1) is 15.4. The molecule has 0 spiro atoms. The maximum Gasteiger partial charge on any atom is 0.337 e. The topological polar surface area (TPSA) is 204 Å². The third-order valence-electron chi connectivity index (χ3n) is 3.75. The van der Waals surface area contributed by atoms with Gasteiger partial charge in [0, 0.05) is 0 Å². The minimum Gasteiger partial charge on any atom is -0.233 e. The highest BCUT2D eigenvalue weighted by Gasteiger charge is 2.27. The molecule has 1 saturated carbocycles. The average Bonchev–Trinajstić information content (AvgIpc) is 3.16. The summed E-state index contributed by atoms with van der Waals surface area (Å²) >= 11 is 0. The lowest BCUT2D eigenvalue weighted by Crippen LogP contribution is -2.32. The van der Waals surface area contributed by atoms with Gasteiger partial charge in [-0.2, -0.15) is 10.4 Å². The van der Waals surface area contributed by atoms with Crippen molar-refractivity contribution in [2.45, 2.75) is 37.8 Å². The number of rotatable bonds is 4. The fourth-order valence-corrected chi connectivity index (χ4v) is 2.76. The van der Waals surface area contributed by atoms with E-state index in [1.807, 2.05) is 0 Å². The summed E-state index contributed by atoms with van der Waals surface area (Å²) in [6, 6.07) is -0.190. The van der Waals surface area contributed by atoms with Gasteiger partial charge in [-0.15, -0.1) is 0 Å². The maximum atomic E-state index is 10.5. The Morgan fingerprint density at radius 3 is 1.58 bits per heavy atom. The third kappa shape index (κ3) is 3.15. The van der Waals surface area contributed by atoms with Gasteiger partial charge in [-0.3, -0.25) is 0 Å². The van der Waals surface area contributed by atoms with E-state index >= 15 is 0 Å². The zero-order chi connectivity index (χ0) is 17.1. The summed E-state index contributed by atoms with van der Waals surface area (Å²) < 4.78 is 2.88. The van der Waals surface area contributed by atoms with Crippen molar-refractivity contribution in [2.75, 3.05) is 0 Å². The van der Waals surface area contributed by atoms with Crippen LogP contribution in [0.4, 0.5) is 0 Å². The van der Waals surface area contributed by atoms with Crippen LogP contribution in [0.1, 0.15) is 37.8 Å². The van der Waals surface area contributed by atoms with Crippen LogP contribution < -0.4 is 11.2 Å². The van der Waals surface area contributed by atoms with Crippen molar-refractivity contribution in [1.82, 2.24) is 40.4 Å². The van der Waals surface area contributed by atoms with E-state index in [0.717, 1.165) is 0 Å². The SMILES string of the molecule is O=[N+]([O-])/N=c1\nn[nH]n1C1CCC(n2[nH]nn/c2=N\[N+](=O)[O-])CC1. The Bertz CT molecular complexity index is 792. The molecule has 2 heterocycles. The normalized spacial score (nSPS) is 22.7. The van der Waals surface area contributed by atoms with E-state index in [4.69, 9.17) is 0 Å². The molecule has 3 rings (SSSR count). The molecular formula is C8H12N12O4. The lowest BCUT2D eigenvalue weighted by molar-refractivity contribution is -0.491. The number of aromatic nitrogens is 8. The van der Waals surface area contributed by atoms with Crippen molar-refractivity contribution >= 4 is 0 Å². The van der Waals surface area contributed by atoms with Crippen LogP contribution in [0.15, 0.2) is 10.2 Å². The zero-order valence-corrected chi connectivity index (χ0v) is 12.1. The van der Waals surface area contributed by atoms with Crippen LogP contribution in [-0.4, -0.2) is 50.5 Å². The van der Waals surface area contributed by atoms with Crippen LogP contribution in [-0.2, 0) is 0 Å². The minimum atomic E-state index is -0.836. The Morgan fingerprint density at radius 1 is 0.875 bits per heavy atom. The summed E-state index contributed by atoms with van der Waals surface area (Å²) in [6.07, 6.45) is 2.51. The van der Waals surface area contributed by atoms with Crippen LogP contribution in [0.25, 0.3) is 0 Å². The lowest BCUT2D eigenvalue weighted by atomic mass is 9.91. The van der Waals surface area contributed by atoms with Gasteiger partial charge in [-0.05, 0) is 36.1 Å². The van der Waals surface area contributed by atoms with E-state index in [9.17, 15) is 20.2 Å². The Balaban J connectivity index is 1.76. The number of nitrogens with one attached hydrogen (secondary N) is 2. The van der Waals surface area contributed by atoms with Crippen molar-refractivity contribution in [3.63, 3.8) is 0 Å². The molecule has 1 aliphatic rings. The molecule has 1 fully saturated rings. The highest BCUT2D eigenvalue weighted by Crippen LogP contribution is 2.32. The van der Waals surface area contributed by atoms with Gasteiger partial charge < -0.3 is 0 Å². The van der Waals surface area contributed by atoms with Crippen molar-refractivity contribution in [1.29, 1.82) is 0 Å². The molecule has 16 nitrogen and oxygen atoms in total. The molecule has 16 heteroatoms. The Labute approximate surface area is 131 Å². The predicted molar refractivity (Wildman–Crippen MR) is 70.4 cm³/mol. The van der Waals surface area contributed by atoms with E-state index in [2.05, 4.69) is 41.3 Å². The molecule has 0 unspecified atom stereocenters. The van der Waals surface area contributed by atoms with Crippen molar-refractivity contribution < 1.29 is 10.1 Å². The molecule has 0 aromatic carbocycles. The number of hydrogen-bond donors (Lipinski definition) is 2. The molecule has 2 N–H and O–H groups in total. The van der Waals surface area contributed by atoms with Crippen LogP contribution in [0.5, 0.6) is 0 Å². The molecule has 0 radical (unpaired) electrons. The average molecular weight is 340 g/mol. The molecule has 24 heavy (non-hydrogen) atoms. The fourth-order valence-electron chi connectivity index (χ4n) is 2.76. The number of aromatic amines is 2. The Kier molecular flexibility index (Phi) is 4.08. The molecule has 0 saturated heterocycles. The van der Waals surface area contributed by atoms with Gasteiger partial charge in [0.25, 0.3) is 0 Å². The molecule has 0 aliphatic heterocycles. The van der Waals surface area contributed by atoms with E-state index in [1.165, 1.54) is 9.36 Å². The molecule has 0 bridgehead atoms. The van der Waals surface area contributed by atoms with Crippen LogP contribution in [0.2, 0.25) is 0 Å². The van der Waals surface area contributed by atoms with Gasteiger partial charge in [-0.25, -0.2) is 29.6 Å². The predicted octanol–water partition coefficient (Wildman–Crippen LogP) is -1.93. The summed E-state index contributed by atoms with van der Waals surface area (Å²) in [4.78, 5) is 21.0. The van der Waals surface area contributed by atoms with Gasteiger partial charge in [0.1, 0.15) is 10.2 Å². The van der Waals surface area contributed by atoms with Gasteiger partial charge in [0.2, 0.25) is 0 Å². The zero-order valence-electron chi connectivity index (χ0n) is 12.1. The third-order valence-corrected chi connectivity index (χ3v) is 3.75. The number of hydrogen-bond acceptors (Lipinski definition) is 8. The van der Waals surface area contributed by atoms with E-state index in [0.29, 0.717) is 25.7 Å². The first-order chi connectivity index (χ1) is 11.5. The second kappa shape index (κ2) is 6.34. The number of H-pyrrole nitrogens is 2. The second-order valence-corrected chi connectivity index (χ2v) is 5.08. The second-order valence-electron chi connectivity index (χ2n) is 5.08. The van der Waals surface area contributed by atoms with Gasteiger partial charge in [0.05, 0.1) is 12.1 Å². The van der Waals surface area contributed by atoms with Crippen molar-refractivity contribution in [3.05, 3.63) is 31.5 Å². The molecule has 0 atom stereocenters. The summed E-state index contributed by atoms with van der Waals surface area (Å²) in [7, 11) is 0.